The van der Waals surface area contributed by atoms with E-state index in [1.54, 1.807) is 13.2 Å². The highest BCUT2D eigenvalue weighted by Crippen LogP contribution is 2.56. The van der Waals surface area contributed by atoms with E-state index >= 15 is 0 Å². The van der Waals surface area contributed by atoms with E-state index in [9.17, 15) is 4.79 Å². The quantitative estimate of drug-likeness (QED) is 0.171. The average Bonchev–Trinajstić information content (AvgIpc) is 3.47. The number of hydrogen-bond acceptors (Lipinski definition) is 4. The SMILES string of the molecule is COc1cc2c(cc1OCCCC[P+](c1ccccc1)(c1ccccc1)c1ccccc1)N=C[C@@H]1CCCN1C2=O. The van der Waals surface area contributed by atoms with Crippen LogP contribution in [0.3, 0.4) is 0 Å². The zero-order valence-electron chi connectivity index (χ0n) is 23.5. The van der Waals surface area contributed by atoms with Crippen molar-refractivity contribution in [1.29, 1.82) is 0 Å². The lowest BCUT2D eigenvalue weighted by Gasteiger charge is -2.27. The number of fused-ring (bicyclic) bond motifs is 2. The highest BCUT2D eigenvalue weighted by atomic mass is 31.2. The van der Waals surface area contributed by atoms with Crippen molar-refractivity contribution in [3.05, 3.63) is 109 Å². The summed E-state index contributed by atoms with van der Waals surface area (Å²) < 4.78 is 11.9. The summed E-state index contributed by atoms with van der Waals surface area (Å²) in [5, 5.41) is 4.19. The molecule has 5 nitrogen and oxygen atoms in total. The summed E-state index contributed by atoms with van der Waals surface area (Å²) in [7, 11) is -0.238. The first-order valence-electron chi connectivity index (χ1n) is 14.5. The maximum absolute atomic E-state index is 13.2. The Balaban J connectivity index is 1.21. The molecule has 1 atom stereocenters. The van der Waals surface area contributed by atoms with Crippen LogP contribution >= 0.6 is 7.26 Å². The molecule has 2 aliphatic heterocycles. The number of carbonyl (C=O) groups is 1. The largest absolute Gasteiger partial charge is 0.493 e. The van der Waals surface area contributed by atoms with Gasteiger partial charge in [-0.1, -0.05) is 54.6 Å². The molecule has 6 rings (SSSR count). The predicted octanol–water partition coefficient (Wildman–Crippen LogP) is 6.17. The number of aliphatic imine (C=N–C) groups is 1. The molecule has 0 radical (unpaired) electrons. The molecule has 0 unspecified atom stereocenters. The van der Waals surface area contributed by atoms with Crippen LogP contribution in [-0.4, -0.2) is 49.5 Å². The number of unbranched alkanes of at least 4 members (excludes halogenated alkanes) is 1. The van der Waals surface area contributed by atoms with Gasteiger partial charge in [-0.15, -0.1) is 0 Å². The molecular weight excluding hydrogens is 527 g/mol. The number of amides is 1. The molecule has 1 saturated heterocycles. The van der Waals surface area contributed by atoms with Gasteiger partial charge in [0.25, 0.3) is 5.91 Å². The van der Waals surface area contributed by atoms with Crippen molar-refractivity contribution in [3.8, 4) is 11.5 Å². The fourth-order valence-corrected chi connectivity index (χ4v) is 10.5. The minimum Gasteiger partial charge on any atom is -0.493 e. The molecule has 208 valence electrons. The van der Waals surface area contributed by atoms with Gasteiger partial charge in [-0.25, -0.2) is 0 Å². The van der Waals surface area contributed by atoms with Gasteiger partial charge in [0.1, 0.15) is 23.2 Å². The fourth-order valence-electron chi connectivity index (χ4n) is 6.14. The lowest BCUT2D eigenvalue weighted by atomic mass is 10.1. The molecule has 0 saturated carbocycles. The van der Waals surface area contributed by atoms with E-state index in [-0.39, 0.29) is 11.9 Å². The number of ether oxygens (including phenoxy) is 2. The van der Waals surface area contributed by atoms with Gasteiger partial charge in [-0.2, -0.15) is 0 Å². The van der Waals surface area contributed by atoms with Gasteiger partial charge in [-0.05, 0) is 68.1 Å². The molecule has 4 aromatic carbocycles. The van der Waals surface area contributed by atoms with E-state index in [0.29, 0.717) is 29.4 Å². The zero-order chi connectivity index (χ0) is 28.1. The minimum absolute atomic E-state index is 0.0212. The van der Waals surface area contributed by atoms with Crippen LogP contribution < -0.4 is 25.4 Å². The summed E-state index contributed by atoms with van der Waals surface area (Å²) in [5.41, 5.74) is 1.24. The van der Waals surface area contributed by atoms with Gasteiger partial charge in [0, 0.05) is 18.8 Å². The first-order valence-corrected chi connectivity index (χ1v) is 16.4. The molecule has 6 heteroatoms. The van der Waals surface area contributed by atoms with Crippen molar-refractivity contribution in [2.24, 2.45) is 4.99 Å². The molecule has 41 heavy (non-hydrogen) atoms. The molecule has 0 spiro atoms. The molecule has 1 fully saturated rings. The molecule has 0 aromatic heterocycles. The van der Waals surface area contributed by atoms with E-state index < -0.39 is 7.26 Å². The smallest absolute Gasteiger partial charge is 0.256 e. The van der Waals surface area contributed by atoms with E-state index in [1.807, 2.05) is 17.2 Å². The normalized spacial score (nSPS) is 16.2. The Morgan fingerprint density at radius 1 is 0.829 bits per heavy atom. The third-order valence-corrected chi connectivity index (χ3v) is 12.7. The molecule has 0 bridgehead atoms. The number of carbonyl (C=O) groups excluding carboxylic acids is 1. The van der Waals surface area contributed by atoms with Crippen LogP contribution in [0.25, 0.3) is 0 Å². The monoisotopic (exact) mass is 563 g/mol. The first-order chi connectivity index (χ1) is 20.2. The molecule has 4 aromatic rings. The number of benzene rings is 4. The van der Waals surface area contributed by atoms with Crippen molar-refractivity contribution in [2.45, 2.75) is 31.7 Å². The Bertz CT molecular complexity index is 1410. The fraction of sp³-hybridized carbons (Fsp3) is 0.257. The zero-order valence-corrected chi connectivity index (χ0v) is 24.4. The van der Waals surface area contributed by atoms with Gasteiger partial charge in [0.15, 0.2) is 11.5 Å². The Kier molecular flexibility index (Phi) is 8.16. The summed E-state index contributed by atoms with van der Waals surface area (Å²) >= 11 is 0. The van der Waals surface area contributed by atoms with Crippen LogP contribution in [0.1, 0.15) is 36.0 Å². The summed E-state index contributed by atoms with van der Waals surface area (Å²) in [6.07, 6.45) is 6.83. The second kappa shape index (κ2) is 12.3. The molecule has 2 heterocycles. The summed E-state index contributed by atoms with van der Waals surface area (Å²) in [5.74, 6) is 1.23. The van der Waals surface area contributed by atoms with E-state index in [4.69, 9.17) is 9.47 Å². The minimum atomic E-state index is -1.86. The Morgan fingerprint density at radius 3 is 2.02 bits per heavy atom. The summed E-state index contributed by atoms with van der Waals surface area (Å²) in [4.78, 5) is 19.8. The number of hydrogen-bond donors (Lipinski definition) is 0. The van der Waals surface area contributed by atoms with E-state index in [1.165, 1.54) is 15.9 Å². The highest BCUT2D eigenvalue weighted by molar-refractivity contribution is 7.95. The highest BCUT2D eigenvalue weighted by Gasteiger charge is 2.44. The van der Waals surface area contributed by atoms with Gasteiger partial charge in [0.2, 0.25) is 0 Å². The Morgan fingerprint density at radius 2 is 1.44 bits per heavy atom. The van der Waals surface area contributed by atoms with Crippen LogP contribution in [0.4, 0.5) is 5.69 Å². The van der Waals surface area contributed by atoms with Crippen LogP contribution in [0, 0.1) is 0 Å². The molecule has 0 aliphatic carbocycles. The summed E-state index contributed by atoms with van der Waals surface area (Å²) in [6.45, 7) is 1.33. The van der Waals surface area contributed by atoms with Crippen LogP contribution in [0.15, 0.2) is 108 Å². The van der Waals surface area contributed by atoms with Gasteiger partial charge < -0.3 is 14.4 Å². The van der Waals surface area contributed by atoms with Crippen molar-refractivity contribution < 1.29 is 14.3 Å². The third kappa shape index (κ3) is 5.39. The van der Waals surface area contributed by atoms with Crippen LogP contribution in [-0.2, 0) is 0 Å². The number of methoxy groups -OCH3 is 1. The van der Waals surface area contributed by atoms with Gasteiger partial charge in [0.05, 0.1) is 37.2 Å². The second-order valence-electron chi connectivity index (χ2n) is 10.6. The van der Waals surface area contributed by atoms with E-state index in [2.05, 4.69) is 96.0 Å². The standard InChI is InChI=1S/C35H36N2O3P/c1-39-33-24-31-32(36-26-27-14-13-21-37(27)35(31)38)25-34(33)40-22-11-12-23-41(28-15-5-2-6-16-28,29-17-7-3-8-18-29)30-19-9-4-10-20-30/h2-10,15-20,24-27H,11-14,21-23H2,1H3/q+1/t27-/m0/s1. The van der Waals surface area contributed by atoms with Crippen molar-refractivity contribution in [3.63, 3.8) is 0 Å². The van der Waals surface area contributed by atoms with Crippen molar-refractivity contribution >= 4 is 41.0 Å². The van der Waals surface area contributed by atoms with E-state index in [0.717, 1.165) is 38.4 Å². The van der Waals surface area contributed by atoms with Gasteiger partial charge >= 0.3 is 0 Å². The van der Waals surface area contributed by atoms with Crippen molar-refractivity contribution in [2.75, 3.05) is 26.4 Å². The molecule has 1 amide bonds. The third-order valence-electron chi connectivity index (χ3n) is 8.19. The predicted molar refractivity (Wildman–Crippen MR) is 170 cm³/mol. The molecular formula is C35H36N2O3P+. The Hall–Kier alpha value is -3.95. The first kappa shape index (κ1) is 27.2. The van der Waals surface area contributed by atoms with Crippen molar-refractivity contribution in [1.82, 2.24) is 4.90 Å². The van der Waals surface area contributed by atoms with Crippen LogP contribution in [0.2, 0.25) is 0 Å². The summed E-state index contributed by atoms with van der Waals surface area (Å²) in [6, 6.07) is 36.7. The maximum atomic E-state index is 13.2. The van der Waals surface area contributed by atoms with Crippen LogP contribution in [0.5, 0.6) is 11.5 Å². The van der Waals surface area contributed by atoms with Gasteiger partial charge in [-0.3, -0.25) is 9.79 Å². The lowest BCUT2D eigenvalue weighted by Crippen LogP contribution is -2.35. The average molecular weight is 564 g/mol. The maximum Gasteiger partial charge on any atom is 0.256 e. The Labute approximate surface area is 243 Å². The lowest BCUT2D eigenvalue weighted by molar-refractivity contribution is 0.0774. The molecule has 0 N–H and O–H groups in total. The molecule has 2 aliphatic rings. The second-order valence-corrected chi connectivity index (χ2v) is 14.2. The topological polar surface area (TPSA) is 51.1 Å². The number of nitrogens with zero attached hydrogens (tertiary/aromatic N) is 2. The number of rotatable bonds is 10.